The largest absolute Gasteiger partial charge is 0.207 e. The third-order valence-electron chi connectivity index (χ3n) is 4.79. The van der Waals surface area contributed by atoms with Crippen LogP contribution in [0, 0.1) is 5.82 Å². The molecule has 3 aromatic carbocycles. The second kappa shape index (κ2) is 7.44. The Labute approximate surface area is 144 Å². The molecule has 0 aromatic heterocycles. The maximum Gasteiger partial charge on any atom is 0.123 e. The molecule has 3 aromatic rings. The van der Waals surface area contributed by atoms with Gasteiger partial charge in [-0.05, 0) is 53.5 Å². The van der Waals surface area contributed by atoms with E-state index in [0.717, 1.165) is 19.3 Å². The lowest BCUT2D eigenvalue weighted by atomic mass is 9.73. The van der Waals surface area contributed by atoms with Crippen LogP contribution < -0.4 is 0 Å². The SMILES string of the molecule is CC(CCc1ccccc1)(Cc1ccccc1)c1ccc(F)cc1. The van der Waals surface area contributed by atoms with E-state index >= 15 is 0 Å². The molecular formula is C23H23F. The van der Waals surface area contributed by atoms with Crippen molar-refractivity contribution in [2.75, 3.05) is 0 Å². The lowest BCUT2D eigenvalue weighted by Gasteiger charge is -2.31. The molecule has 0 fully saturated rings. The quantitative estimate of drug-likeness (QED) is 0.526. The van der Waals surface area contributed by atoms with Crippen molar-refractivity contribution in [1.29, 1.82) is 0 Å². The Kier molecular flexibility index (Phi) is 5.10. The fraction of sp³-hybridized carbons (Fsp3) is 0.217. The van der Waals surface area contributed by atoms with Crippen molar-refractivity contribution in [3.05, 3.63) is 107 Å². The van der Waals surface area contributed by atoms with Gasteiger partial charge in [-0.15, -0.1) is 0 Å². The summed E-state index contributed by atoms with van der Waals surface area (Å²) in [5.41, 5.74) is 3.84. The lowest BCUT2D eigenvalue weighted by Crippen LogP contribution is -2.26. The van der Waals surface area contributed by atoms with Crippen molar-refractivity contribution in [2.24, 2.45) is 0 Å². The molecule has 0 saturated heterocycles. The first-order chi connectivity index (χ1) is 11.7. The summed E-state index contributed by atoms with van der Waals surface area (Å²) in [5.74, 6) is -0.177. The van der Waals surface area contributed by atoms with Crippen LogP contribution in [-0.4, -0.2) is 0 Å². The standard InChI is InChI=1S/C23H23F/c1-23(18-20-10-6-3-7-11-20,21-12-14-22(24)15-13-21)17-16-19-8-4-2-5-9-19/h2-15H,16-18H2,1H3. The molecule has 0 amide bonds. The number of hydrogen-bond acceptors (Lipinski definition) is 0. The Morgan fingerprint density at radius 1 is 0.708 bits per heavy atom. The highest BCUT2D eigenvalue weighted by Crippen LogP contribution is 2.33. The van der Waals surface area contributed by atoms with Gasteiger partial charge in [0.25, 0.3) is 0 Å². The van der Waals surface area contributed by atoms with Gasteiger partial charge in [-0.25, -0.2) is 4.39 Å². The molecule has 0 saturated carbocycles. The van der Waals surface area contributed by atoms with Gasteiger partial charge in [-0.3, -0.25) is 0 Å². The van der Waals surface area contributed by atoms with E-state index in [-0.39, 0.29) is 11.2 Å². The fourth-order valence-electron chi connectivity index (χ4n) is 3.30. The van der Waals surface area contributed by atoms with Gasteiger partial charge in [0, 0.05) is 0 Å². The van der Waals surface area contributed by atoms with Gasteiger partial charge in [0.1, 0.15) is 5.82 Å². The maximum absolute atomic E-state index is 13.4. The van der Waals surface area contributed by atoms with E-state index < -0.39 is 0 Å². The highest BCUT2D eigenvalue weighted by Gasteiger charge is 2.27. The van der Waals surface area contributed by atoms with Gasteiger partial charge in [-0.1, -0.05) is 79.7 Å². The first kappa shape index (κ1) is 16.4. The first-order valence-electron chi connectivity index (χ1n) is 8.50. The summed E-state index contributed by atoms with van der Waals surface area (Å²) in [6.07, 6.45) is 2.99. The van der Waals surface area contributed by atoms with E-state index in [0.29, 0.717) is 0 Å². The summed E-state index contributed by atoms with van der Waals surface area (Å²) in [6, 6.07) is 28.1. The summed E-state index contributed by atoms with van der Waals surface area (Å²) in [4.78, 5) is 0. The molecule has 122 valence electrons. The number of aryl methyl sites for hydroxylation is 1. The van der Waals surface area contributed by atoms with Crippen molar-refractivity contribution in [2.45, 2.75) is 31.6 Å². The fourth-order valence-corrected chi connectivity index (χ4v) is 3.30. The highest BCUT2D eigenvalue weighted by molar-refractivity contribution is 5.30. The molecule has 0 radical (unpaired) electrons. The van der Waals surface area contributed by atoms with E-state index in [1.54, 1.807) is 12.1 Å². The molecule has 1 atom stereocenters. The molecule has 0 aliphatic heterocycles. The van der Waals surface area contributed by atoms with Gasteiger partial charge in [-0.2, -0.15) is 0 Å². The highest BCUT2D eigenvalue weighted by atomic mass is 19.1. The van der Waals surface area contributed by atoms with Gasteiger partial charge >= 0.3 is 0 Å². The van der Waals surface area contributed by atoms with Crippen LogP contribution in [0.5, 0.6) is 0 Å². The average molecular weight is 318 g/mol. The summed E-state index contributed by atoms with van der Waals surface area (Å²) >= 11 is 0. The Balaban J connectivity index is 1.86. The van der Waals surface area contributed by atoms with Crippen molar-refractivity contribution in [3.8, 4) is 0 Å². The second-order valence-electron chi connectivity index (χ2n) is 6.72. The van der Waals surface area contributed by atoms with Crippen LogP contribution in [0.2, 0.25) is 0 Å². The molecule has 0 spiro atoms. The molecule has 0 aliphatic rings. The Hall–Kier alpha value is -2.41. The maximum atomic E-state index is 13.4. The van der Waals surface area contributed by atoms with Crippen LogP contribution in [-0.2, 0) is 18.3 Å². The van der Waals surface area contributed by atoms with Gasteiger partial charge < -0.3 is 0 Å². The minimum atomic E-state index is -0.177. The van der Waals surface area contributed by atoms with Crippen LogP contribution in [0.25, 0.3) is 0 Å². The predicted octanol–water partition coefficient (Wildman–Crippen LogP) is 5.96. The molecule has 0 nitrogen and oxygen atoms in total. The first-order valence-corrected chi connectivity index (χ1v) is 8.50. The number of halogens is 1. The van der Waals surface area contributed by atoms with Crippen molar-refractivity contribution in [3.63, 3.8) is 0 Å². The van der Waals surface area contributed by atoms with E-state index in [2.05, 4.69) is 55.5 Å². The van der Waals surface area contributed by atoms with Crippen molar-refractivity contribution in [1.82, 2.24) is 0 Å². The summed E-state index contributed by atoms with van der Waals surface area (Å²) in [7, 11) is 0. The monoisotopic (exact) mass is 318 g/mol. The van der Waals surface area contributed by atoms with E-state index in [1.807, 2.05) is 24.3 Å². The Bertz CT molecular complexity index is 747. The van der Waals surface area contributed by atoms with Crippen LogP contribution in [0.1, 0.15) is 30.0 Å². The van der Waals surface area contributed by atoms with Crippen LogP contribution >= 0.6 is 0 Å². The average Bonchev–Trinajstić information content (AvgIpc) is 2.62. The predicted molar refractivity (Wildman–Crippen MR) is 98.7 cm³/mol. The molecule has 1 heteroatoms. The molecule has 3 rings (SSSR count). The third kappa shape index (κ3) is 4.11. The van der Waals surface area contributed by atoms with E-state index in [9.17, 15) is 4.39 Å². The normalized spacial score (nSPS) is 13.4. The number of benzene rings is 3. The summed E-state index contributed by atoms with van der Waals surface area (Å²) < 4.78 is 13.4. The van der Waals surface area contributed by atoms with Gasteiger partial charge in [0.15, 0.2) is 0 Å². The number of rotatable bonds is 6. The molecular weight excluding hydrogens is 295 g/mol. The van der Waals surface area contributed by atoms with Crippen molar-refractivity contribution < 1.29 is 4.39 Å². The molecule has 0 heterocycles. The molecule has 24 heavy (non-hydrogen) atoms. The van der Waals surface area contributed by atoms with Crippen LogP contribution in [0.3, 0.4) is 0 Å². The molecule has 0 aliphatic carbocycles. The smallest absolute Gasteiger partial charge is 0.123 e. The zero-order valence-corrected chi connectivity index (χ0v) is 14.1. The van der Waals surface area contributed by atoms with Crippen LogP contribution in [0.15, 0.2) is 84.9 Å². The molecule has 0 bridgehead atoms. The number of hydrogen-bond donors (Lipinski definition) is 0. The topological polar surface area (TPSA) is 0 Å². The van der Waals surface area contributed by atoms with Crippen molar-refractivity contribution >= 4 is 0 Å². The molecule has 0 N–H and O–H groups in total. The van der Waals surface area contributed by atoms with Gasteiger partial charge in [0.2, 0.25) is 0 Å². The second-order valence-corrected chi connectivity index (χ2v) is 6.72. The minimum absolute atomic E-state index is 0.0229. The van der Waals surface area contributed by atoms with E-state index in [1.165, 1.54) is 16.7 Å². The minimum Gasteiger partial charge on any atom is -0.207 e. The lowest BCUT2D eigenvalue weighted by molar-refractivity contribution is 0.430. The molecule has 1 unspecified atom stereocenters. The summed E-state index contributed by atoms with van der Waals surface area (Å²) in [6.45, 7) is 2.29. The summed E-state index contributed by atoms with van der Waals surface area (Å²) in [5, 5.41) is 0. The van der Waals surface area contributed by atoms with Crippen LogP contribution in [0.4, 0.5) is 4.39 Å². The van der Waals surface area contributed by atoms with Gasteiger partial charge in [0.05, 0.1) is 0 Å². The third-order valence-corrected chi connectivity index (χ3v) is 4.79. The zero-order chi connectivity index (χ0) is 16.8. The zero-order valence-electron chi connectivity index (χ0n) is 14.1. The van der Waals surface area contributed by atoms with E-state index in [4.69, 9.17) is 0 Å². The Morgan fingerprint density at radius 3 is 1.83 bits per heavy atom. The Morgan fingerprint density at radius 2 is 1.25 bits per heavy atom.